The van der Waals surface area contributed by atoms with Crippen LogP contribution in [0.1, 0.15) is 45.1 Å². The van der Waals surface area contributed by atoms with Crippen molar-refractivity contribution in [2.75, 3.05) is 0 Å². The maximum Gasteiger partial charge on any atom is 0.248 e. The van der Waals surface area contributed by atoms with E-state index < -0.39 is 5.91 Å². The summed E-state index contributed by atoms with van der Waals surface area (Å²) < 4.78 is 0. The van der Waals surface area contributed by atoms with Crippen LogP contribution in [0.5, 0.6) is 0 Å². The Hall–Kier alpha value is -2.67. The summed E-state index contributed by atoms with van der Waals surface area (Å²) in [5.41, 5.74) is 9.55. The van der Waals surface area contributed by atoms with Gasteiger partial charge in [-0.2, -0.15) is 5.26 Å². The van der Waals surface area contributed by atoms with Gasteiger partial charge < -0.3 is 5.73 Å². The number of amides is 1. The van der Waals surface area contributed by atoms with Crippen molar-refractivity contribution in [2.24, 2.45) is 5.73 Å². The molecule has 3 rings (SSSR count). The fraction of sp³-hybridized carbons (Fsp3) is 0.188. The predicted molar refractivity (Wildman–Crippen MR) is 74.1 cm³/mol. The Morgan fingerprint density at radius 2 is 2.20 bits per heavy atom. The third-order valence-electron chi connectivity index (χ3n) is 3.76. The maximum absolute atomic E-state index is 11.5. The fourth-order valence-corrected chi connectivity index (χ4v) is 2.86. The number of pyridine rings is 1. The summed E-state index contributed by atoms with van der Waals surface area (Å²) in [4.78, 5) is 16.0. The number of nitrogens with two attached hydrogens (primary N) is 1. The molecule has 4 nitrogen and oxygen atoms in total. The maximum atomic E-state index is 11.5. The highest BCUT2D eigenvalue weighted by atomic mass is 16.1. The molecule has 1 aromatic carbocycles. The zero-order valence-corrected chi connectivity index (χ0v) is 10.8. The lowest BCUT2D eigenvalue weighted by Crippen LogP contribution is -2.15. The van der Waals surface area contributed by atoms with Gasteiger partial charge in [-0.15, -0.1) is 0 Å². The zero-order valence-electron chi connectivity index (χ0n) is 10.8. The minimum absolute atomic E-state index is 0.0847. The van der Waals surface area contributed by atoms with Gasteiger partial charge in [0.05, 0.1) is 11.3 Å². The molecule has 0 aliphatic heterocycles. The van der Waals surface area contributed by atoms with Crippen molar-refractivity contribution >= 4 is 5.91 Å². The Bertz CT molecular complexity index is 731. The Morgan fingerprint density at radius 3 is 2.95 bits per heavy atom. The lowest BCUT2D eigenvalue weighted by atomic mass is 9.91. The summed E-state index contributed by atoms with van der Waals surface area (Å²) in [5.74, 6) is -0.330. The highest BCUT2D eigenvalue weighted by molar-refractivity contribution is 5.94. The smallest absolute Gasteiger partial charge is 0.248 e. The number of carbonyl (C=O) groups is 1. The van der Waals surface area contributed by atoms with E-state index in [2.05, 4.69) is 11.1 Å². The number of aromatic nitrogens is 1. The van der Waals surface area contributed by atoms with Crippen LogP contribution in [0, 0.1) is 11.3 Å². The first-order valence-corrected chi connectivity index (χ1v) is 6.48. The van der Waals surface area contributed by atoms with Crippen LogP contribution in [-0.4, -0.2) is 10.9 Å². The molecule has 0 saturated heterocycles. The molecule has 0 saturated carbocycles. The van der Waals surface area contributed by atoms with Gasteiger partial charge in [-0.3, -0.25) is 9.78 Å². The zero-order chi connectivity index (χ0) is 14.1. The number of fused-ring (bicyclic) bond motifs is 1. The number of aryl methyl sites for hydroxylation is 1. The van der Waals surface area contributed by atoms with E-state index in [1.165, 1.54) is 0 Å². The van der Waals surface area contributed by atoms with Crippen molar-refractivity contribution in [3.63, 3.8) is 0 Å². The number of primary amides is 1. The second kappa shape index (κ2) is 4.78. The lowest BCUT2D eigenvalue weighted by Gasteiger charge is -2.14. The molecule has 20 heavy (non-hydrogen) atoms. The minimum atomic E-state index is -0.414. The van der Waals surface area contributed by atoms with Crippen molar-refractivity contribution in [3.8, 4) is 6.07 Å². The van der Waals surface area contributed by atoms with Crippen molar-refractivity contribution in [3.05, 3.63) is 64.5 Å². The molecule has 98 valence electrons. The molecule has 1 heterocycles. The first kappa shape index (κ1) is 12.4. The van der Waals surface area contributed by atoms with E-state index in [0.717, 1.165) is 29.7 Å². The van der Waals surface area contributed by atoms with E-state index in [1.54, 1.807) is 12.3 Å². The molecule has 0 spiro atoms. The second-order valence-corrected chi connectivity index (χ2v) is 4.92. The molecule has 0 bridgehead atoms. The number of nitriles is 1. The van der Waals surface area contributed by atoms with Crippen LogP contribution in [0.25, 0.3) is 0 Å². The molecule has 2 aromatic rings. The highest BCUT2D eigenvalue weighted by Crippen LogP contribution is 2.38. The van der Waals surface area contributed by atoms with Crippen LogP contribution in [-0.2, 0) is 6.42 Å². The van der Waals surface area contributed by atoms with Crippen LogP contribution >= 0.6 is 0 Å². The largest absolute Gasteiger partial charge is 0.366 e. The van der Waals surface area contributed by atoms with E-state index in [-0.39, 0.29) is 5.92 Å². The number of benzene rings is 1. The highest BCUT2D eigenvalue weighted by Gasteiger charge is 2.28. The second-order valence-electron chi connectivity index (χ2n) is 4.92. The van der Waals surface area contributed by atoms with Gasteiger partial charge in [0.15, 0.2) is 0 Å². The number of nitrogens with zero attached hydrogens (tertiary/aromatic N) is 2. The van der Waals surface area contributed by atoms with E-state index >= 15 is 0 Å². The molecule has 1 atom stereocenters. The Kier molecular flexibility index (Phi) is 2.96. The van der Waals surface area contributed by atoms with E-state index in [1.807, 2.05) is 24.3 Å². The van der Waals surface area contributed by atoms with E-state index in [4.69, 9.17) is 11.0 Å². The lowest BCUT2D eigenvalue weighted by molar-refractivity contribution is 0.0999. The molecular formula is C16H13N3O. The van der Waals surface area contributed by atoms with Crippen molar-refractivity contribution in [1.29, 1.82) is 5.26 Å². The Labute approximate surface area is 116 Å². The molecule has 1 unspecified atom stereocenters. The number of hydrogen-bond acceptors (Lipinski definition) is 3. The molecule has 0 radical (unpaired) electrons. The monoisotopic (exact) mass is 263 g/mol. The summed E-state index contributed by atoms with van der Waals surface area (Å²) in [5, 5.41) is 8.92. The van der Waals surface area contributed by atoms with Crippen LogP contribution in [0.2, 0.25) is 0 Å². The normalized spacial score (nSPS) is 16.4. The third-order valence-corrected chi connectivity index (χ3v) is 3.76. The molecule has 1 aliphatic rings. The summed E-state index contributed by atoms with van der Waals surface area (Å²) in [6.07, 6.45) is 3.35. The Morgan fingerprint density at radius 1 is 1.40 bits per heavy atom. The summed E-state index contributed by atoms with van der Waals surface area (Å²) >= 11 is 0. The molecule has 0 fully saturated rings. The molecule has 2 N–H and O–H groups in total. The first-order valence-electron chi connectivity index (χ1n) is 6.48. The van der Waals surface area contributed by atoms with Gasteiger partial charge in [-0.05, 0) is 36.1 Å². The van der Waals surface area contributed by atoms with Gasteiger partial charge in [0.1, 0.15) is 6.07 Å². The summed E-state index contributed by atoms with van der Waals surface area (Å²) in [6.45, 7) is 0. The molecule has 1 amide bonds. The number of hydrogen-bond donors (Lipinski definition) is 1. The van der Waals surface area contributed by atoms with Crippen LogP contribution in [0.15, 0.2) is 36.5 Å². The fourth-order valence-electron chi connectivity index (χ4n) is 2.86. The Balaban J connectivity index is 2.08. The van der Waals surface area contributed by atoms with E-state index in [9.17, 15) is 4.79 Å². The quantitative estimate of drug-likeness (QED) is 0.901. The third kappa shape index (κ3) is 1.94. The topological polar surface area (TPSA) is 79.8 Å². The van der Waals surface area contributed by atoms with Gasteiger partial charge in [0.2, 0.25) is 5.91 Å². The van der Waals surface area contributed by atoms with Gasteiger partial charge in [0.25, 0.3) is 0 Å². The number of rotatable bonds is 2. The van der Waals surface area contributed by atoms with Crippen molar-refractivity contribution in [1.82, 2.24) is 4.98 Å². The van der Waals surface area contributed by atoms with Gasteiger partial charge in [-0.25, -0.2) is 0 Å². The number of carbonyl (C=O) groups excluding carboxylic acids is 1. The minimum Gasteiger partial charge on any atom is -0.366 e. The van der Waals surface area contributed by atoms with Crippen molar-refractivity contribution < 1.29 is 4.79 Å². The van der Waals surface area contributed by atoms with E-state index in [0.29, 0.717) is 11.1 Å². The van der Waals surface area contributed by atoms with Gasteiger partial charge >= 0.3 is 0 Å². The summed E-state index contributed by atoms with van der Waals surface area (Å²) in [7, 11) is 0. The average Bonchev–Trinajstić information content (AvgIpc) is 2.89. The van der Waals surface area contributed by atoms with Crippen LogP contribution < -0.4 is 5.73 Å². The standard InChI is InChI=1S/C16H13N3O/c17-8-10-7-11-5-6-13(15(11)19-9-10)12-3-1-2-4-14(12)16(18)20/h1-4,7,9,13H,5-6H2,(H2,18,20). The molecule has 1 aliphatic carbocycles. The molecule has 4 heteroatoms. The predicted octanol–water partition coefficient (Wildman–Crippen LogP) is 2.13. The first-order chi connectivity index (χ1) is 9.70. The van der Waals surface area contributed by atoms with Gasteiger partial charge in [0, 0.05) is 17.7 Å². The van der Waals surface area contributed by atoms with Crippen LogP contribution in [0.3, 0.4) is 0 Å². The van der Waals surface area contributed by atoms with Crippen molar-refractivity contribution in [2.45, 2.75) is 18.8 Å². The van der Waals surface area contributed by atoms with Crippen LogP contribution in [0.4, 0.5) is 0 Å². The SMILES string of the molecule is N#Cc1cnc2c(c1)CCC2c1ccccc1C(N)=O. The molecular weight excluding hydrogens is 250 g/mol. The average molecular weight is 263 g/mol. The summed E-state index contributed by atoms with van der Waals surface area (Å²) in [6, 6.07) is 11.4. The molecule has 1 aromatic heterocycles. The van der Waals surface area contributed by atoms with Gasteiger partial charge in [-0.1, -0.05) is 18.2 Å².